The summed E-state index contributed by atoms with van der Waals surface area (Å²) in [5, 5.41) is 0. The molecule has 1 aliphatic carbocycles. The smallest absolute Gasteiger partial charge is 0.0622 e. The fourth-order valence-electron chi connectivity index (χ4n) is 1.88. The third-order valence-electron chi connectivity index (χ3n) is 2.47. The lowest BCUT2D eigenvalue weighted by Crippen LogP contribution is -2.19. The lowest BCUT2D eigenvalue weighted by Gasteiger charge is -2.17. The van der Waals surface area contributed by atoms with Gasteiger partial charge in [-0.05, 0) is 31.6 Å². The molecule has 0 bridgehead atoms. The standard InChI is InChI=1S/C8H16O.C3H6/c1-6-4-5-7(2)8(6)9-3;1-3-2/h6-8H,4-5H2,1-3H3;3H,1H2,2H3. The zero-order valence-corrected chi connectivity index (χ0v) is 8.84. The maximum atomic E-state index is 5.34. The number of allylic oxidation sites excluding steroid dienone is 1. The van der Waals surface area contributed by atoms with Crippen LogP contribution >= 0.6 is 0 Å². The molecule has 0 aromatic rings. The summed E-state index contributed by atoms with van der Waals surface area (Å²) in [5.41, 5.74) is 0. The van der Waals surface area contributed by atoms with Crippen molar-refractivity contribution in [1.82, 2.24) is 0 Å². The highest BCUT2D eigenvalue weighted by Crippen LogP contribution is 2.32. The molecule has 72 valence electrons. The molecular weight excluding hydrogens is 148 g/mol. The molecule has 1 aliphatic rings. The lowest BCUT2D eigenvalue weighted by atomic mass is 10.0. The second-order valence-corrected chi connectivity index (χ2v) is 3.64. The quantitative estimate of drug-likeness (QED) is 0.549. The monoisotopic (exact) mass is 170 g/mol. The first kappa shape index (κ1) is 11.7. The van der Waals surface area contributed by atoms with Crippen LogP contribution in [-0.4, -0.2) is 13.2 Å². The van der Waals surface area contributed by atoms with Crippen molar-refractivity contribution in [2.75, 3.05) is 7.11 Å². The highest BCUT2D eigenvalue weighted by Gasteiger charge is 2.29. The minimum Gasteiger partial charge on any atom is -0.381 e. The van der Waals surface area contributed by atoms with Crippen molar-refractivity contribution >= 4 is 0 Å². The van der Waals surface area contributed by atoms with Gasteiger partial charge in [0.1, 0.15) is 0 Å². The summed E-state index contributed by atoms with van der Waals surface area (Å²) in [6, 6.07) is 0. The van der Waals surface area contributed by atoms with Gasteiger partial charge >= 0.3 is 0 Å². The second-order valence-electron chi connectivity index (χ2n) is 3.64. The molecule has 12 heavy (non-hydrogen) atoms. The van der Waals surface area contributed by atoms with E-state index in [1.54, 1.807) is 6.08 Å². The first-order chi connectivity index (χ1) is 5.67. The third-order valence-corrected chi connectivity index (χ3v) is 2.47. The molecule has 0 N–H and O–H groups in total. The van der Waals surface area contributed by atoms with Gasteiger partial charge in [0.15, 0.2) is 0 Å². The zero-order valence-electron chi connectivity index (χ0n) is 8.84. The number of ether oxygens (including phenoxy) is 1. The number of hydrogen-bond acceptors (Lipinski definition) is 1. The molecule has 0 spiro atoms. The van der Waals surface area contributed by atoms with Gasteiger partial charge in [-0.2, -0.15) is 0 Å². The molecule has 1 heteroatoms. The van der Waals surface area contributed by atoms with E-state index in [1.807, 2.05) is 14.0 Å². The summed E-state index contributed by atoms with van der Waals surface area (Å²) in [4.78, 5) is 0. The minimum atomic E-state index is 0.532. The Labute approximate surface area is 76.8 Å². The second kappa shape index (κ2) is 6.24. The van der Waals surface area contributed by atoms with E-state index in [-0.39, 0.29) is 0 Å². The van der Waals surface area contributed by atoms with Gasteiger partial charge in [0.05, 0.1) is 6.10 Å². The maximum Gasteiger partial charge on any atom is 0.0622 e. The van der Waals surface area contributed by atoms with Gasteiger partial charge < -0.3 is 4.74 Å². The van der Waals surface area contributed by atoms with Crippen molar-refractivity contribution in [3.63, 3.8) is 0 Å². The predicted octanol–water partition coefficient (Wildman–Crippen LogP) is 3.26. The summed E-state index contributed by atoms with van der Waals surface area (Å²) in [6.07, 6.45) is 4.98. The molecule has 0 aromatic heterocycles. The number of rotatable bonds is 1. The molecule has 1 rings (SSSR count). The van der Waals surface area contributed by atoms with Crippen LogP contribution in [0.25, 0.3) is 0 Å². The first-order valence-corrected chi connectivity index (χ1v) is 4.77. The molecule has 0 aliphatic heterocycles. The highest BCUT2D eigenvalue weighted by atomic mass is 16.5. The Bertz CT molecular complexity index is 110. The molecule has 0 amide bonds. The Hall–Kier alpha value is -0.300. The van der Waals surface area contributed by atoms with Crippen molar-refractivity contribution in [2.45, 2.75) is 39.7 Å². The van der Waals surface area contributed by atoms with Crippen LogP contribution in [0.2, 0.25) is 0 Å². The van der Waals surface area contributed by atoms with E-state index in [0.29, 0.717) is 6.10 Å². The van der Waals surface area contributed by atoms with Crippen LogP contribution in [-0.2, 0) is 4.74 Å². The van der Waals surface area contributed by atoms with Crippen molar-refractivity contribution in [2.24, 2.45) is 11.8 Å². The van der Waals surface area contributed by atoms with E-state index in [2.05, 4.69) is 20.4 Å². The molecule has 2 unspecified atom stereocenters. The predicted molar refractivity (Wildman–Crippen MR) is 54.2 cm³/mol. The largest absolute Gasteiger partial charge is 0.381 e. The van der Waals surface area contributed by atoms with Crippen LogP contribution < -0.4 is 0 Å². The van der Waals surface area contributed by atoms with Gasteiger partial charge in [-0.1, -0.05) is 19.9 Å². The summed E-state index contributed by atoms with van der Waals surface area (Å²) in [7, 11) is 1.82. The lowest BCUT2D eigenvalue weighted by molar-refractivity contribution is 0.0488. The summed E-state index contributed by atoms with van der Waals surface area (Å²) >= 11 is 0. The Balaban J connectivity index is 0.000000354. The van der Waals surface area contributed by atoms with Crippen LogP contribution in [0.15, 0.2) is 12.7 Å². The van der Waals surface area contributed by atoms with E-state index >= 15 is 0 Å². The molecule has 1 fully saturated rings. The maximum absolute atomic E-state index is 5.34. The van der Waals surface area contributed by atoms with E-state index in [4.69, 9.17) is 4.74 Å². The van der Waals surface area contributed by atoms with E-state index in [9.17, 15) is 0 Å². The van der Waals surface area contributed by atoms with Crippen LogP contribution in [0.1, 0.15) is 33.6 Å². The van der Waals surface area contributed by atoms with Crippen molar-refractivity contribution in [3.05, 3.63) is 12.7 Å². The minimum absolute atomic E-state index is 0.532. The van der Waals surface area contributed by atoms with Gasteiger partial charge in [-0.15, -0.1) is 6.58 Å². The summed E-state index contributed by atoms with van der Waals surface area (Å²) in [5.74, 6) is 1.56. The van der Waals surface area contributed by atoms with E-state index in [0.717, 1.165) is 11.8 Å². The normalized spacial score (nSPS) is 33.8. The van der Waals surface area contributed by atoms with Crippen molar-refractivity contribution in [1.29, 1.82) is 0 Å². The Morgan fingerprint density at radius 1 is 1.25 bits per heavy atom. The molecule has 2 atom stereocenters. The summed E-state index contributed by atoms with van der Waals surface area (Å²) in [6.45, 7) is 9.80. The van der Waals surface area contributed by atoms with Crippen LogP contribution in [0.5, 0.6) is 0 Å². The number of methoxy groups -OCH3 is 1. The molecule has 0 aromatic carbocycles. The molecule has 0 radical (unpaired) electrons. The molecular formula is C11H22O. The third kappa shape index (κ3) is 3.40. The van der Waals surface area contributed by atoms with Gasteiger partial charge in [-0.3, -0.25) is 0 Å². The Morgan fingerprint density at radius 3 is 1.75 bits per heavy atom. The van der Waals surface area contributed by atoms with Gasteiger partial charge in [-0.25, -0.2) is 0 Å². The van der Waals surface area contributed by atoms with Gasteiger partial charge in [0.2, 0.25) is 0 Å². The van der Waals surface area contributed by atoms with Gasteiger partial charge in [0.25, 0.3) is 0 Å². The van der Waals surface area contributed by atoms with Crippen LogP contribution in [0, 0.1) is 11.8 Å². The molecule has 1 saturated carbocycles. The van der Waals surface area contributed by atoms with Crippen LogP contribution in [0.4, 0.5) is 0 Å². The Kier molecular flexibility index (Phi) is 6.09. The SMILES string of the molecule is C=CC.COC1C(C)CCC1C. The fourth-order valence-corrected chi connectivity index (χ4v) is 1.88. The molecule has 0 heterocycles. The summed E-state index contributed by atoms with van der Waals surface area (Å²) < 4.78 is 5.34. The number of hydrogen-bond donors (Lipinski definition) is 0. The van der Waals surface area contributed by atoms with Gasteiger partial charge in [0, 0.05) is 7.11 Å². The van der Waals surface area contributed by atoms with Crippen LogP contribution in [0.3, 0.4) is 0 Å². The fraction of sp³-hybridized carbons (Fsp3) is 0.818. The average molecular weight is 170 g/mol. The van der Waals surface area contributed by atoms with E-state index < -0.39 is 0 Å². The first-order valence-electron chi connectivity index (χ1n) is 4.77. The zero-order chi connectivity index (χ0) is 9.56. The Morgan fingerprint density at radius 2 is 1.58 bits per heavy atom. The molecule has 1 nitrogen and oxygen atoms in total. The van der Waals surface area contributed by atoms with E-state index in [1.165, 1.54) is 12.8 Å². The van der Waals surface area contributed by atoms with Crippen molar-refractivity contribution in [3.8, 4) is 0 Å². The highest BCUT2D eigenvalue weighted by molar-refractivity contribution is 4.79. The van der Waals surface area contributed by atoms with Crippen molar-refractivity contribution < 1.29 is 4.74 Å². The molecule has 0 saturated heterocycles. The average Bonchev–Trinajstić information content (AvgIpc) is 2.33. The topological polar surface area (TPSA) is 9.23 Å².